The van der Waals surface area contributed by atoms with Crippen molar-refractivity contribution in [1.82, 2.24) is 5.39 Å². The molecule has 0 aliphatic heterocycles. The van der Waals surface area contributed by atoms with Gasteiger partial charge in [-0.05, 0) is 24.3 Å². The van der Waals surface area contributed by atoms with Gasteiger partial charge in [0, 0.05) is 0 Å². The fraction of sp³-hybridized carbons (Fsp3) is 0.222. The first-order valence-electron chi connectivity index (χ1n) is 4.91. The van der Waals surface area contributed by atoms with Crippen LogP contribution in [0.2, 0.25) is 0 Å². The highest BCUT2D eigenvalue weighted by Gasteiger charge is 2.11. The molecule has 0 spiro atoms. The van der Waals surface area contributed by atoms with Gasteiger partial charge in [-0.3, -0.25) is 10.4 Å². The van der Waals surface area contributed by atoms with Gasteiger partial charge in [-0.1, -0.05) is 0 Å². The van der Waals surface area contributed by atoms with Gasteiger partial charge in [0.25, 0.3) is 0 Å². The molecule has 1 rings (SSSR count). The number of sulfonamides is 1. The van der Waals surface area contributed by atoms with Crippen LogP contribution in [0.1, 0.15) is 10.4 Å². The van der Waals surface area contributed by atoms with Crippen LogP contribution in [-0.2, 0) is 19.6 Å². The van der Waals surface area contributed by atoms with E-state index in [1.165, 1.54) is 24.3 Å². The molecule has 0 unspecified atom stereocenters. The summed E-state index contributed by atoms with van der Waals surface area (Å²) in [5.74, 6) is -0.716. The molecular weight excluding hydrogens is 280 g/mol. The van der Waals surface area contributed by atoms with Gasteiger partial charge < -0.3 is 4.74 Å². The van der Waals surface area contributed by atoms with Crippen LogP contribution in [0.3, 0.4) is 0 Å². The van der Waals surface area contributed by atoms with Gasteiger partial charge in [0.15, 0.2) is 0 Å². The average Bonchev–Trinajstić information content (AvgIpc) is 2.33. The Kier molecular flexibility index (Phi) is 5.35. The number of hydrogen-bond acceptors (Lipinski definition) is 8. The summed E-state index contributed by atoms with van der Waals surface area (Å²) in [4.78, 5) is 15.5. The highest BCUT2D eigenvalue weighted by atomic mass is 32.2. The SMILES string of the molecule is NS(=O)(=O)c1ccc(C(=O)OCCON(O)O)cc1. The summed E-state index contributed by atoms with van der Waals surface area (Å²) >= 11 is 0. The lowest BCUT2D eigenvalue weighted by Crippen LogP contribution is -2.19. The summed E-state index contributed by atoms with van der Waals surface area (Å²) in [5, 5.41) is 20.8. The highest BCUT2D eigenvalue weighted by Crippen LogP contribution is 2.09. The van der Waals surface area contributed by atoms with Gasteiger partial charge >= 0.3 is 5.97 Å². The molecule has 1 aromatic carbocycles. The molecule has 9 nitrogen and oxygen atoms in total. The Bertz CT molecular complexity index is 526. The Balaban J connectivity index is 2.54. The molecule has 0 heterocycles. The predicted octanol–water partition coefficient (Wildman–Crippen LogP) is -0.497. The van der Waals surface area contributed by atoms with Crippen LogP contribution in [0, 0.1) is 0 Å². The topological polar surface area (TPSA) is 139 Å². The lowest BCUT2D eigenvalue weighted by atomic mass is 10.2. The molecule has 4 N–H and O–H groups in total. The number of nitrogens with zero attached hydrogens (tertiary/aromatic N) is 1. The molecule has 1 aromatic rings. The molecule has 0 saturated heterocycles. The summed E-state index contributed by atoms with van der Waals surface area (Å²) in [5.41, 5.74) is 0.122. The summed E-state index contributed by atoms with van der Waals surface area (Å²) in [6.45, 7) is -0.471. The predicted molar refractivity (Wildman–Crippen MR) is 59.5 cm³/mol. The van der Waals surface area contributed by atoms with Crippen molar-refractivity contribution in [2.24, 2.45) is 5.14 Å². The zero-order chi connectivity index (χ0) is 14.5. The quantitative estimate of drug-likeness (QED) is 0.362. The van der Waals surface area contributed by atoms with Crippen molar-refractivity contribution in [3.63, 3.8) is 0 Å². The Morgan fingerprint density at radius 3 is 2.26 bits per heavy atom. The van der Waals surface area contributed by atoms with E-state index in [9.17, 15) is 13.2 Å². The van der Waals surface area contributed by atoms with E-state index in [4.69, 9.17) is 20.3 Å². The fourth-order valence-corrected chi connectivity index (χ4v) is 1.63. The van der Waals surface area contributed by atoms with Crippen LogP contribution in [-0.4, -0.2) is 43.4 Å². The first-order valence-corrected chi connectivity index (χ1v) is 6.46. The van der Waals surface area contributed by atoms with Crippen molar-refractivity contribution in [3.05, 3.63) is 29.8 Å². The Labute approximate surface area is 108 Å². The van der Waals surface area contributed by atoms with E-state index in [-0.39, 0.29) is 23.7 Å². The van der Waals surface area contributed by atoms with E-state index in [0.717, 1.165) is 0 Å². The minimum absolute atomic E-state index is 0.122. The smallest absolute Gasteiger partial charge is 0.338 e. The second-order valence-electron chi connectivity index (χ2n) is 3.29. The van der Waals surface area contributed by atoms with Gasteiger partial charge in [0.1, 0.15) is 13.2 Å². The summed E-state index contributed by atoms with van der Waals surface area (Å²) < 4.78 is 26.7. The Morgan fingerprint density at radius 2 is 1.79 bits per heavy atom. The maximum Gasteiger partial charge on any atom is 0.338 e. The first-order chi connectivity index (χ1) is 8.80. The van der Waals surface area contributed by atoms with E-state index in [0.29, 0.717) is 0 Å². The number of carbonyl (C=O) groups excluding carboxylic acids is 1. The molecule has 0 fully saturated rings. The van der Waals surface area contributed by atoms with Crippen LogP contribution in [0.25, 0.3) is 0 Å². The molecule has 19 heavy (non-hydrogen) atoms. The van der Waals surface area contributed by atoms with Crippen molar-refractivity contribution >= 4 is 16.0 Å². The van der Waals surface area contributed by atoms with Crippen molar-refractivity contribution in [2.45, 2.75) is 4.90 Å². The normalized spacial score (nSPS) is 11.6. The van der Waals surface area contributed by atoms with E-state index in [2.05, 4.69) is 4.84 Å². The second-order valence-corrected chi connectivity index (χ2v) is 4.85. The van der Waals surface area contributed by atoms with E-state index >= 15 is 0 Å². The zero-order valence-electron chi connectivity index (χ0n) is 9.59. The van der Waals surface area contributed by atoms with Crippen LogP contribution < -0.4 is 5.14 Å². The number of carbonyl (C=O) groups is 1. The number of primary sulfonamides is 1. The lowest BCUT2D eigenvalue weighted by Gasteiger charge is -2.07. The van der Waals surface area contributed by atoms with E-state index in [1.807, 2.05) is 0 Å². The second kappa shape index (κ2) is 6.56. The number of nitrogens with two attached hydrogens (primary N) is 1. The van der Waals surface area contributed by atoms with Gasteiger partial charge in [-0.25, -0.2) is 23.2 Å². The van der Waals surface area contributed by atoms with Gasteiger partial charge in [0.05, 0.1) is 15.8 Å². The van der Waals surface area contributed by atoms with E-state index in [1.54, 1.807) is 0 Å². The molecule has 0 amide bonds. The van der Waals surface area contributed by atoms with Crippen molar-refractivity contribution in [1.29, 1.82) is 0 Å². The largest absolute Gasteiger partial charge is 0.460 e. The Morgan fingerprint density at radius 1 is 1.21 bits per heavy atom. The highest BCUT2D eigenvalue weighted by molar-refractivity contribution is 7.89. The standard InChI is InChI=1S/C9H12N2O7S/c10-19(15,16)8-3-1-7(2-4-8)9(12)17-5-6-18-11(13)14/h1-4,13-14H,5-6H2,(H2,10,15,16). The Hall–Kier alpha value is -1.56. The number of hydrogen-bond donors (Lipinski definition) is 3. The van der Waals surface area contributed by atoms with Crippen LogP contribution in [0.4, 0.5) is 0 Å². The lowest BCUT2D eigenvalue weighted by molar-refractivity contribution is -0.492. The molecule has 106 valence electrons. The van der Waals surface area contributed by atoms with Gasteiger partial charge in [-0.2, -0.15) is 0 Å². The maximum absolute atomic E-state index is 11.5. The molecule has 0 bridgehead atoms. The number of esters is 1. The van der Waals surface area contributed by atoms with Crippen molar-refractivity contribution < 1.29 is 33.2 Å². The van der Waals surface area contributed by atoms with Crippen LogP contribution in [0.15, 0.2) is 29.2 Å². The summed E-state index contributed by atoms with van der Waals surface area (Å²) in [6.07, 6.45) is 0. The van der Waals surface area contributed by atoms with Crippen molar-refractivity contribution in [2.75, 3.05) is 13.2 Å². The van der Waals surface area contributed by atoms with Crippen LogP contribution in [0.5, 0.6) is 0 Å². The number of rotatable bonds is 6. The van der Waals surface area contributed by atoms with E-state index < -0.39 is 21.4 Å². The molecule has 0 radical (unpaired) electrons. The average molecular weight is 292 g/mol. The number of benzene rings is 1. The molecule has 0 saturated carbocycles. The summed E-state index contributed by atoms with van der Waals surface area (Å²) in [6, 6.07) is 4.83. The number of ether oxygens (including phenoxy) is 1. The maximum atomic E-state index is 11.5. The molecule has 0 aromatic heterocycles. The third-order valence-corrected chi connectivity index (χ3v) is 2.87. The van der Waals surface area contributed by atoms with Crippen molar-refractivity contribution in [3.8, 4) is 0 Å². The molecule has 0 atom stereocenters. The first kappa shape index (κ1) is 15.5. The van der Waals surface area contributed by atoms with Gasteiger partial charge in [0.2, 0.25) is 10.0 Å². The van der Waals surface area contributed by atoms with Gasteiger partial charge in [-0.15, -0.1) is 0 Å². The monoisotopic (exact) mass is 292 g/mol. The third kappa shape index (κ3) is 5.30. The minimum atomic E-state index is -3.81. The zero-order valence-corrected chi connectivity index (χ0v) is 10.4. The minimum Gasteiger partial charge on any atom is -0.460 e. The molecule has 0 aliphatic carbocycles. The third-order valence-electron chi connectivity index (χ3n) is 1.94. The molecular formula is C9H12N2O7S. The fourth-order valence-electron chi connectivity index (χ4n) is 1.12. The summed E-state index contributed by atoms with van der Waals surface area (Å²) in [7, 11) is -3.81. The molecule has 0 aliphatic rings. The van der Waals surface area contributed by atoms with Crippen LogP contribution >= 0.6 is 0 Å². The molecule has 10 heteroatoms.